The summed E-state index contributed by atoms with van der Waals surface area (Å²) in [6.07, 6.45) is 2.61. The number of hydrogen-bond acceptors (Lipinski definition) is 4. The molecule has 0 aliphatic carbocycles. The molecule has 30 heavy (non-hydrogen) atoms. The molecular formula is C22H20ClN5O2. The van der Waals surface area contributed by atoms with E-state index in [1.165, 1.54) is 0 Å². The lowest BCUT2D eigenvalue weighted by Crippen LogP contribution is -2.41. The van der Waals surface area contributed by atoms with Crippen LogP contribution in [-0.2, 0) is 17.6 Å². The Morgan fingerprint density at radius 1 is 1.27 bits per heavy atom. The highest BCUT2D eigenvalue weighted by atomic mass is 35.5. The van der Waals surface area contributed by atoms with Crippen molar-refractivity contribution >= 4 is 28.5 Å². The van der Waals surface area contributed by atoms with E-state index < -0.39 is 0 Å². The summed E-state index contributed by atoms with van der Waals surface area (Å²) in [4.78, 5) is 30.7. The standard InChI is InChI=1S/C22H20ClN5O2/c1-30-15-5-2-13(3-6-15)22-21-17(24-12-25-21)8-9-28(22)20(29)11-19-26-16-7-4-14(23)10-18(16)27-19/h2-7,10,12,22H,8-9,11H2,1H3,(H,24,25)(H,26,27)/t22-/m0/s1. The zero-order valence-corrected chi connectivity index (χ0v) is 17.1. The number of nitrogens with zero attached hydrogens (tertiary/aromatic N) is 3. The Bertz CT molecular complexity index is 1210. The van der Waals surface area contributed by atoms with Crippen molar-refractivity contribution in [3.8, 4) is 5.75 Å². The zero-order valence-electron chi connectivity index (χ0n) is 16.4. The predicted octanol–water partition coefficient (Wildman–Crippen LogP) is 3.66. The Hall–Kier alpha value is -3.32. The van der Waals surface area contributed by atoms with Crippen LogP contribution in [0.1, 0.15) is 28.8 Å². The van der Waals surface area contributed by atoms with Crippen molar-refractivity contribution < 1.29 is 9.53 Å². The first-order chi connectivity index (χ1) is 14.6. The van der Waals surface area contributed by atoms with Gasteiger partial charge >= 0.3 is 0 Å². The van der Waals surface area contributed by atoms with Crippen molar-refractivity contribution in [1.82, 2.24) is 24.8 Å². The van der Waals surface area contributed by atoms with Crippen LogP contribution in [0.5, 0.6) is 5.75 Å². The molecule has 2 aromatic heterocycles. The quantitative estimate of drug-likeness (QED) is 0.526. The van der Waals surface area contributed by atoms with Gasteiger partial charge in [-0.1, -0.05) is 23.7 Å². The lowest BCUT2D eigenvalue weighted by molar-refractivity contribution is -0.132. The number of fused-ring (bicyclic) bond motifs is 2. The van der Waals surface area contributed by atoms with Crippen LogP contribution in [0, 0.1) is 0 Å². The van der Waals surface area contributed by atoms with E-state index >= 15 is 0 Å². The van der Waals surface area contributed by atoms with Gasteiger partial charge in [0.2, 0.25) is 5.91 Å². The molecule has 2 aromatic carbocycles. The Kier molecular flexibility index (Phi) is 4.67. The first-order valence-corrected chi connectivity index (χ1v) is 10.1. The molecule has 1 aliphatic heterocycles. The first-order valence-electron chi connectivity index (χ1n) is 9.72. The van der Waals surface area contributed by atoms with Crippen LogP contribution < -0.4 is 4.74 Å². The number of halogens is 1. The van der Waals surface area contributed by atoms with Gasteiger partial charge in [0.05, 0.1) is 36.6 Å². The fraction of sp³-hybridized carbons (Fsp3) is 0.227. The van der Waals surface area contributed by atoms with Crippen LogP contribution in [0.15, 0.2) is 48.8 Å². The predicted molar refractivity (Wildman–Crippen MR) is 114 cm³/mol. The van der Waals surface area contributed by atoms with Gasteiger partial charge in [0.1, 0.15) is 17.6 Å². The van der Waals surface area contributed by atoms with Crippen LogP contribution in [0.4, 0.5) is 0 Å². The molecule has 1 amide bonds. The third-order valence-electron chi connectivity index (χ3n) is 5.49. The van der Waals surface area contributed by atoms with Gasteiger partial charge in [-0.3, -0.25) is 4.79 Å². The number of nitrogens with one attached hydrogen (secondary N) is 2. The van der Waals surface area contributed by atoms with E-state index in [1.54, 1.807) is 19.5 Å². The highest BCUT2D eigenvalue weighted by Gasteiger charge is 2.34. The van der Waals surface area contributed by atoms with Crippen molar-refractivity contribution in [1.29, 1.82) is 0 Å². The summed E-state index contributed by atoms with van der Waals surface area (Å²) in [6.45, 7) is 0.608. The molecule has 152 valence electrons. The van der Waals surface area contributed by atoms with E-state index in [9.17, 15) is 4.79 Å². The highest BCUT2D eigenvalue weighted by molar-refractivity contribution is 6.31. The average Bonchev–Trinajstić information content (AvgIpc) is 3.39. The number of H-pyrrole nitrogens is 2. The monoisotopic (exact) mass is 421 g/mol. The molecule has 0 fully saturated rings. The number of benzene rings is 2. The Labute approximate surface area is 178 Å². The number of carbonyl (C=O) groups excluding carboxylic acids is 1. The number of imidazole rings is 2. The summed E-state index contributed by atoms with van der Waals surface area (Å²) < 4.78 is 5.28. The van der Waals surface area contributed by atoms with Crippen molar-refractivity contribution in [2.45, 2.75) is 18.9 Å². The van der Waals surface area contributed by atoms with Gasteiger partial charge in [0, 0.05) is 23.7 Å². The Morgan fingerprint density at radius 3 is 2.90 bits per heavy atom. The molecular weight excluding hydrogens is 402 g/mol. The fourth-order valence-corrected chi connectivity index (χ4v) is 4.20. The molecule has 0 saturated heterocycles. The van der Waals surface area contributed by atoms with Crippen LogP contribution in [-0.4, -0.2) is 44.4 Å². The van der Waals surface area contributed by atoms with Gasteiger partial charge in [0.15, 0.2) is 0 Å². The SMILES string of the molecule is COc1ccc([C@H]2c3nc[nH]c3CCN2C(=O)Cc2nc3ccc(Cl)cc3[nH]2)cc1. The van der Waals surface area contributed by atoms with Gasteiger partial charge in [-0.2, -0.15) is 0 Å². The molecule has 7 nitrogen and oxygen atoms in total. The van der Waals surface area contributed by atoms with Crippen LogP contribution in [0.3, 0.4) is 0 Å². The maximum Gasteiger partial charge on any atom is 0.231 e. The van der Waals surface area contributed by atoms with Gasteiger partial charge in [-0.05, 0) is 35.9 Å². The normalized spacial score (nSPS) is 15.9. The second-order valence-corrected chi connectivity index (χ2v) is 7.74. The first kappa shape index (κ1) is 18.7. The summed E-state index contributed by atoms with van der Waals surface area (Å²) in [6, 6.07) is 13.0. The van der Waals surface area contributed by atoms with Gasteiger partial charge in [0.25, 0.3) is 0 Å². The van der Waals surface area contributed by atoms with E-state index in [-0.39, 0.29) is 18.4 Å². The third-order valence-corrected chi connectivity index (χ3v) is 5.72. The van der Waals surface area contributed by atoms with Gasteiger partial charge < -0.3 is 19.6 Å². The fourth-order valence-electron chi connectivity index (χ4n) is 4.03. The number of rotatable bonds is 4. The molecule has 8 heteroatoms. The number of aromatic nitrogens is 4. The van der Waals surface area contributed by atoms with Gasteiger partial charge in [-0.15, -0.1) is 0 Å². The topological polar surface area (TPSA) is 86.9 Å². The summed E-state index contributed by atoms with van der Waals surface area (Å²) in [5.74, 6) is 1.39. The Morgan fingerprint density at radius 2 is 2.10 bits per heavy atom. The van der Waals surface area contributed by atoms with Crippen LogP contribution >= 0.6 is 11.6 Å². The largest absolute Gasteiger partial charge is 0.497 e. The third kappa shape index (κ3) is 3.31. The number of methoxy groups -OCH3 is 1. The number of aromatic amines is 2. The molecule has 0 unspecified atom stereocenters. The molecule has 1 atom stereocenters. The Balaban J connectivity index is 1.46. The van der Waals surface area contributed by atoms with Crippen molar-refractivity contribution in [2.24, 2.45) is 0 Å². The highest BCUT2D eigenvalue weighted by Crippen LogP contribution is 2.34. The zero-order chi connectivity index (χ0) is 20.7. The lowest BCUT2D eigenvalue weighted by atomic mass is 9.95. The summed E-state index contributed by atoms with van der Waals surface area (Å²) >= 11 is 6.06. The smallest absolute Gasteiger partial charge is 0.231 e. The van der Waals surface area contributed by atoms with E-state index in [4.69, 9.17) is 16.3 Å². The summed E-state index contributed by atoms with van der Waals surface area (Å²) in [5.41, 5.74) is 4.57. The van der Waals surface area contributed by atoms with E-state index in [1.807, 2.05) is 41.3 Å². The number of ether oxygens (including phenoxy) is 1. The molecule has 0 saturated carbocycles. The second-order valence-electron chi connectivity index (χ2n) is 7.30. The van der Waals surface area contributed by atoms with Crippen molar-refractivity contribution in [3.63, 3.8) is 0 Å². The summed E-state index contributed by atoms with van der Waals surface area (Å²) in [5, 5.41) is 0.630. The molecule has 0 spiro atoms. The molecule has 0 radical (unpaired) electrons. The minimum atomic E-state index is -0.253. The van der Waals surface area contributed by atoms with Crippen LogP contribution in [0.2, 0.25) is 5.02 Å². The molecule has 3 heterocycles. The van der Waals surface area contributed by atoms with E-state index in [0.29, 0.717) is 17.4 Å². The second kappa shape index (κ2) is 7.50. The molecule has 4 aromatic rings. The molecule has 1 aliphatic rings. The van der Waals surface area contributed by atoms with Crippen molar-refractivity contribution in [2.75, 3.05) is 13.7 Å². The van der Waals surface area contributed by atoms with E-state index in [2.05, 4.69) is 19.9 Å². The lowest BCUT2D eigenvalue weighted by Gasteiger charge is -2.35. The maximum absolute atomic E-state index is 13.3. The molecule has 0 bridgehead atoms. The van der Waals surface area contributed by atoms with Crippen LogP contribution in [0.25, 0.3) is 11.0 Å². The van der Waals surface area contributed by atoms with E-state index in [0.717, 1.165) is 40.2 Å². The summed E-state index contributed by atoms with van der Waals surface area (Å²) in [7, 11) is 1.64. The molecule has 5 rings (SSSR count). The minimum Gasteiger partial charge on any atom is -0.497 e. The number of hydrogen-bond donors (Lipinski definition) is 2. The minimum absolute atomic E-state index is 0.00498. The average molecular weight is 422 g/mol. The van der Waals surface area contributed by atoms with Crippen molar-refractivity contribution in [3.05, 3.63) is 76.6 Å². The molecule has 2 N–H and O–H groups in total. The number of carbonyl (C=O) groups is 1. The number of amides is 1. The maximum atomic E-state index is 13.3. The van der Waals surface area contributed by atoms with Gasteiger partial charge in [-0.25, -0.2) is 9.97 Å².